The van der Waals surface area contributed by atoms with Crippen molar-refractivity contribution in [2.45, 2.75) is 24.2 Å². The van der Waals surface area contributed by atoms with Gasteiger partial charge in [-0.05, 0) is 25.0 Å². The first-order valence-corrected chi connectivity index (χ1v) is 9.38. The Morgan fingerprint density at radius 2 is 2.00 bits per heavy atom. The smallest absolute Gasteiger partial charge is 0.223 e. The van der Waals surface area contributed by atoms with Crippen molar-refractivity contribution < 1.29 is 18.0 Å². The number of amides is 2. The largest absolute Gasteiger partial charge is 0.369 e. The number of hydrogen-bond donors (Lipinski definition) is 1. The van der Waals surface area contributed by atoms with E-state index in [1.54, 1.807) is 12.1 Å². The Balaban J connectivity index is 1.99. The number of primary amides is 1. The van der Waals surface area contributed by atoms with E-state index in [4.69, 9.17) is 17.3 Å². The van der Waals surface area contributed by atoms with Gasteiger partial charge in [-0.2, -0.15) is 0 Å². The summed E-state index contributed by atoms with van der Waals surface area (Å²) in [4.78, 5) is 25.0. The number of likely N-dealkylation sites (tertiary alicyclic amines) is 1. The Kier molecular flexibility index (Phi) is 5.64. The van der Waals surface area contributed by atoms with Crippen molar-refractivity contribution in [1.29, 1.82) is 0 Å². The second kappa shape index (κ2) is 7.31. The van der Waals surface area contributed by atoms with Crippen LogP contribution in [-0.2, 0) is 19.4 Å². The predicted octanol–water partition coefficient (Wildman–Crippen LogP) is 1.23. The Hall–Kier alpha value is -1.60. The predicted molar refractivity (Wildman–Crippen MR) is 86.6 cm³/mol. The maximum atomic E-state index is 12.3. The molecule has 6 nitrogen and oxygen atoms in total. The van der Waals surface area contributed by atoms with Gasteiger partial charge in [-0.1, -0.05) is 23.7 Å². The SMILES string of the molecule is NC(=O)C1CCCN(C(=O)CCS(=O)(=O)c2ccccc2Cl)C1. The molecule has 1 aliphatic heterocycles. The number of carbonyl (C=O) groups is 2. The molecule has 1 aromatic carbocycles. The van der Waals surface area contributed by atoms with Gasteiger partial charge in [-0.25, -0.2) is 8.42 Å². The van der Waals surface area contributed by atoms with E-state index in [9.17, 15) is 18.0 Å². The lowest BCUT2D eigenvalue weighted by Crippen LogP contribution is -2.44. The molecule has 0 radical (unpaired) electrons. The fourth-order valence-corrected chi connectivity index (χ4v) is 4.43. The van der Waals surface area contributed by atoms with Gasteiger partial charge < -0.3 is 10.6 Å². The van der Waals surface area contributed by atoms with Gasteiger partial charge in [0.1, 0.15) is 0 Å². The summed E-state index contributed by atoms with van der Waals surface area (Å²) in [5.41, 5.74) is 5.28. The van der Waals surface area contributed by atoms with Crippen LogP contribution in [-0.4, -0.2) is 44.0 Å². The minimum Gasteiger partial charge on any atom is -0.369 e. The molecule has 1 heterocycles. The summed E-state index contributed by atoms with van der Waals surface area (Å²) in [6.45, 7) is 0.787. The molecule has 2 rings (SSSR count). The highest BCUT2D eigenvalue weighted by Crippen LogP contribution is 2.23. The molecule has 1 fully saturated rings. The molecule has 0 spiro atoms. The number of rotatable bonds is 5. The van der Waals surface area contributed by atoms with Crippen LogP contribution in [0.3, 0.4) is 0 Å². The first-order chi connectivity index (χ1) is 10.8. The van der Waals surface area contributed by atoms with Crippen LogP contribution < -0.4 is 5.73 Å². The van der Waals surface area contributed by atoms with Crippen LogP contribution in [0, 0.1) is 5.92 Å². The molecule has 8 heteroatoms. The summed E-state index contributed by atoms with van der Waals surface area (Å²) in [7, 11) is -3.63. The summed E-state index contributed by atoms with van der Waals surface area (Å²) >= 11 is 5.90. The van der Waals surface area contributed by atoms with Gasteiger partial charge in [0.2, 0.25) is 11.8 Å². The van der Waals surface area contributed by atoms with E-state index in [0.717, 1.165) is 0 Å². The number of sulfone groups is 1. The van der Waals surface area contributed by atoms with Crippen molar-refractivity contribution in [3.05, 3.63) is 29.3 Å². The third kappa shape index (κ3) is 4.45. The molecule has 1 aromatic rings. The lowest BCUT2D eigenvalue weighted by Gasteiger charge is -2.31. The second-order valence-corrected chi connectivity index (χ2v) is 8.07. The molecule has 23 heavy (non-hydrogen) atoms. The standard InChI is InChI=1S/C15H19ClN2O4S/c16-12-5-1-2-6-13(12)23(21,22)9-7-14(19)18-8-3-4-11(10-18)15(17)20/h1-2,5-6,11H,3-4,7-10H2,(H2,17,20). The minimum atomic E-state index is -3.63. The summed E-state index contributed by atoms with van der Waals surface area (Å²) < 4.78 is 24.6. The van der Waals surface area contributed by atoms with Crippen molar-refractivity contribution in [3.63, 3.8) is 0 Å². The topological polar surface area (TPSA) is 97.5 Å². The summed E-state index contributed by atoms with van der Waals surface area (Å²) in [6.07, 6.45) is 1.21. The second-order valence-electron chi connectivity index (χ2n) is 5.58. The Labute approximate surface area is 140 Å². The number of halogens is 1. The van der Waals surface area contributed by atoms with Gasteiger partial charge in [-0.15, -0.1) is 0 Å². The number of nitrogens with zero attached hydrogens (tertiary/aromatic N) is 1. The average molecular weight is 359 g/mol. The zero-order chi connectivity index (χ0) is 17.0. The molecule has 1 aliphatic rings. The third-order valence-electron chi connectivity index (χ3n) is 3.93. The molecule has 0 aromatic heterocycles. The molecule has 2 amide bonds. The normalized spacial score (nSPS) is 18.7. The molecule has 1 atom stereocenters. The zero-order valence-electron chi connectivity index (χ0n) is 12.6. The molecule has 0 aliphatic carbocycles. The number of benzene rings is 1. The van der Waals surface area contributed by atoms with Crippen LogP contribution in [0.5, 0.6) is 0 Å². The third-order valence-corrected chi connectivity index (χ3v) is 6.14. The fourth-order valence-electron chi connectivity index (χ4n) is 2.62. The van der Waals surface area contributed by atoms with Crippen molar-refractivity contribution in [3.8, 4) is 0 Å². The van der Waals surface area contributed by atoms with Crippen LogP contribution in [0.2, 0.25) is 5.02 Å². The summed E-state index contributed by atoms with van der Waals surface area (Å²) in [6, 6.07) is 6.15. The Bertz CT molecular complexity index is 705. The zero-order valence-corrected chi connectivity index (χ0v) is 14.1. The van der Waals surface area contributed by atoms with Crippen LogP contribution in [0.25, 0.3) is 0 Å². The van der Waals surface area contributed by atoms with Crippen molar-refractivity contribution in [2.75, 3.05) is 18.8 Å². The van der Waals surface area contributed by atoms with Crippen LogP contribution in [0.1, 0.15) is 19.3 Å². The van der Waals surface area contributed by atoms with Gasteiger partial charge in [0.25, 0.3) is 0 Å². The number of nitrogens with two attached hydrogens (primary N) is 1. The molecule has 1 unspecified atom stereocenters. The molecular weight excluding hydrogens is 340 g/mol. The molecule has 1 saturated heterocycles. The van der Waals surface area contributed by atoms with Crippen molar-refractivity contribution >= 4 is 33.3 Å². The first kappa shape index (κ1) is 17.7. The van der Waals surface area contributed by atoms with E-state index in [0.29, 0.717) is 19.4 Å². The average Bonchev–Trinajstić information content (AvgIpc) is 2.53. The van der Waals surface area contributed by atoms with Crippen LogP contribution in [0.15, 0.2) is 29.2 Å². The number of carbonyl (C=O) groups excluding carboxylic acids is 2. The van der Waals surface area contributed by atoms with E-state index in [1.165, 1.54) is 17.0 Å². The fraction of sp³-hybridized carbons (Fsp3) is 0.467. The summed E-state index contributed by atoms with van der Waals surface area (Å²) in [5.74, 6) is -1.38. The van der Waals surface area contributed by atoms with E-state index < -0.39 is 15.7 Å². The lowest BCUT2D eigenvalue weighted by atomic mass is 9.97. The van der Waals surface area contributed by atoms with Crippen LogP contribution in [0.4, 0.5) is 0 Å². The maximum Gasteiger partial charge on any atom is 0.223 e. The first-order valence-electron chi connectivity index (χ1n) is 7.35. The Morgan fingerprint density at radius 1 is 1.30 bits per heavy atom. The quantitative estimate of drug-likeness (QED) is 0.855. The van der Waals surface area contributed by atoms with E-state index >= 15 is 0 Å². The van der Waals surface area contributed by atoms with E-state index in [-0.39, 0.29) is 40.5 Å². The molecule has 0 saturated carbocycles. The highest BCUT2D eigenvalue weighted by atomic mass is 35.5. The minimum absolute atomic E-state index is 0.0307. The number of hydrogen-bond acceptors (Lipinski definition) is 4. The lowest BCUT2D eigenvalue weighted by molar-refractivity contribution is -0.134. The van der Waals surface area contributed by atoms with Crippen molar-refractivity contribution in [1.82, 2.24) is 4.90 Å². The van der Waals surface area contributed by atoms with Gasteiger partial charge in [0, 0.05) is 19.5 Å². The van der Waals surface area contributed by atoms with Gasteiger partial charge in [0.15, 0.2) is 9.84 Å². The molecule has 126 valence electrons. The molecule has 2 N–H and O–H groups in total. The molecular formula is C15H19ClN2O4S. The number of piperidine rings is 1. The summed E-state index contributed by atoms with van der Waals surface area (Å²) in [5, 5.41) is 0.145. The van der Waals surface area contributed by atoms with Gasteiger partial charge >= 0.3 is 0 Å². The van der Waals surface area contributed by atoms with Crippen LogP contribution >= 0.6 is 11.6 Å². The van der Waals surface area contributed by atoms with Gasteiger partial charge in [-0.3, -0.25) is 9.59 Å². The highest BCUT2D eigenvalue weighted by Gasteiger charge is 2.28. The van der Waals surface area contributed by atoms with Crippen molar-refractivity contribution in [2.24, 2.45) is 11.7 Å². The van der Waals surface area contributed by atoms with Gasteiger partial charge in [0.05, 0.1) is 21.6 Å². The Morgan fingerprint density at radius 3 is 2.65 bits per heavy atom. The maximum absolute atomic E-state index is 12.3. The van der Waals surface area contributed by atoms with E-state index in [1.807, 2.05) is 0 Å². The molecule has 0 bridgehead atoms. The monoisotopic (exact) mass is 358 g/mol. The van der Waals surface area contributed by atoms with E-state index in [2.05, 4.69) is 0 Å². The highest BCUT2D eigenvalue weighted by molar-refractivity contribution is 7.91.